The van der Waals surface area contributed by atoms with Crippen molar-refractivity contribution < 1.29 is 4.39 Å². The van der Waals surface area contributed by atoms with E-state index in [2.05, 4.69) is 0 Å². The first-order chi connectivity index (χ1) is 5.17. The van der Waals surface area contributed by atoms with E-state index in [0.29, 0.717) is 0 Å². The van der Waals surface area contributed by atoms with E-state index in [4.69, 9.17) is 16.9 Å². The molecule has 56 valence electrons. The van der Waals surface area contributed by atoms with Crippen LogP contribution >= 0.6 is 11.6 Å². The van der Waals surface area contributed by atoms with Gasteiger partial charge in [-0.05, 0) is 0 Å². The fourth-order valence-corrected chi connectivity index (χ4v) is 0.838. The molecule has 0 saturated heterocycles. The molecule has 3 heteroatoms. The summed E-state index contributed by atoms with van der Waals surface area (Å²) in [6.45, 7) is 0. The zero-order valence-electron chi connectivity index (χ0n) is 5.59. The minimum Gasteiger partial charge on any atom is -0.204 e. The van der Waals surface area contributed by atoms with Crippen LogP contribution in [0.3, 0.4) is 0 Å². The van der Waals surface area contributed by atoms with Crippen molar-refractivity contribution in [3.63, 3.8) is 0 Å². The van der Waals surface area contributed by atoms with Gasteiger partial charge in [-0.1, -0.05) is 41.9 Å². The highest BCUT2D eigenvalue weighted by Crippen LogP contribution is 2.29. The molecular weight excluding hydrogens is 165 g/mol. The zero-order valence-corrected chi connectivity index (χ0v) is 6.35. The molecular formula is C8H5ClFN. The fourth-order valence-electron chi connectivity index (χ4n) is 0.712. The van der Waals surface area contributed by atoms with Crippen LogP contribution in [0.2, 0.25) is 0 Å². The van der Waals surface area contributed by atoms with Gasteiger partial charge in [-0.25, -0.2) is 4.39 Å². The fraction of sp³-hybridized carbons (Fsp3) is 0.125. The molecule has 11 heavy (non-hydrogen) atoms. The number of hydrogen-bond donors (Lipinski definition) is 0. The van der Waals surface area contributed by atoms with E-state index < -0.39 is 5.13 Å². The molecule has 0 fully saturated rings. The minimum absolute atomic E-state index is 0.171. The summed E-state index contributed by atoms with van der Waals surface area (Å²) in [5, 5.41) is 5.90. The Bertz CT molecular complexity index is 276. The summed E-state index contributed by atoms with van der Waals surface area (Å²) in [5.41, 5.74) is 0.171. The predicted octanol–water partition coefficient (Wildman–Crippen LogP) is 2.57. The third-order valence-electron chi connectivity index (χ3n) is 1.28. The van der Waals surface area contributed by atoms with E-state index in [1.54, 1.807) is 18.2 Å². The standard InChI is InChI=1S/C8H5ClFN/c9-8(10,6-11)7-4-2-1-3-5-7/h1-5H. The second-order valence-electron chi connectivity index (χ2n) is 2.05. The number of benzene rings is 1. The Morgan fingerprint density at radius 2 is 1.91 bits per heavy atom. The van der Waals surface area contributed by atoms with Crippen LogP contribution < -0.4 is 0 Å². The molecule has 0 aliphatic heterocycles. The molecule has 0 N–H and O–H groups in total. The number of rotatable bonds is 1. The lowest BCUT2D eigenvalue weighted by Crippen LogP contribution is -2.07. The smallest absolute Gasteiger partial charge is 0.204 e. The van der Waals surface area contributed by atoms with Gasteiger partial charge in [0.05, 0.1) is 0 Å². The molecule has 1 unspecified atom stereocenters. The molecule has 1 aromatic rings. The van der Waals surface area contributed by atoms with Crippen LogP contribution in [0, 0.1) is 11.3 Å². The first-order valence-corrected chi connectivity index (χ1v) is 3.39. The summed E-state index contributed by atoms with van der Waals surface area (Å²) in [6.07, 6.45) is 0. The quantitative estimate of drug-likeness (QED) is 0.593. The molecule has 0 bridgehead atoms. The molecule has 0 aromatic heterocycles. The van der Waals surface area contributed by atoms with E-state index in [9.17, 15) is 4.39 Å². The van der Waals surface area contributed by atoms with E-state index in [-0.39, 0.29) is 5.56 Å². The van der Waals surface area contributed by atoms with Crippen molar-refractivity contribution in [3.8, 4) is 6.07 Å². The topological polar surface area (TPSA) is 23.8 Å². The minimum atomic E-state index is -2.39. The van der Waals surface area contributed by atoms with Gasteiger partial charge in [0.2, 0.25) is 0 Å². The third kappa shape index (κ3) is 1.69. The van der Waals surface area contributed by atoms with Gasteiger partial charge in [0.1, 0.15) is 6.07 Å². The third-order valence-corrected chi connectivity index (χ3v) is 1.58. The van der Waals surface area contributed by atoms with Crippen molar-refractivity contribution in [1.29, 1.82) is 5.26 Å². The second-order valence-corrected chi connectivity index (χ2v) is 2.57. The van der Waals surface area contributed by atoms with Gasteiger partial charge in [-0.3, -0.25) is 0 Å². The largest absolute Gasteiger partial charge is 0.294 e. The lowest BCUT2D eigenvalue weighted by Gasteiger charge is -2.07. The molecule has 0 amide bonds. The first kappa shape index (κ1) is 8.03. The van der Waals surface area contributed by atoms with Crippen LogP contribution in [0.25, 0.3) is 0 Å². The molecule has 1 rings (SSSR count). The average molecular weight is 170 g/mol. The van der Waals surface area contributed by atoms with Crippen LogP contribution in [-0.2, 0) is 5.13 Å². The average Bonchev–Trinajstić information content (AvgIpc) is 2.06. The van der Waals surface area contributed by atoms with Crippen LogP contribution in [0.15, 0.2) is 30.3 Å². The summed E-state index contributed by atoms with van der Waals surface area (Å²) in [4.78, 5) is 0. The SMILES string of the molecule is N#CC(F)(Cl)c1ccccc1. The van der Waals surface area contributed by atoms with Crippen molar-refractivity contribution in [2.24, 2.45) is 0 Å². The highest BCUT2D eigenvalue weighted by atomic mass is 35.5. The summed E-state index contributed by atoms with van der Waals surface area (Å²) < 4.78 is 13.0. The van der Waals surface area contributed by atoms with Crippen molar-refractivity contribution in [1.82, 2.24) is 0 Å². The van der Waals surface area contributed by atoms with Crippen molar-refractivity contribution in [2.75, 3.05) is 0 Å². The Hall–Kier alpha value is -1.07. The van der Waals surface area contributed by atoms with Gasteiger partial charge >= 0.3 is 0 Å². The highest BCUT2D eigenvalue weighted by molar-refractivity contribution is 6.24. The van der Waals surface area contributed by atoms with Crippen molar-refractivity contribution >= 4 is 11.6 Å². The van der Waals surface area contributed by atoms with Gasteiger partial charge in [-0.15, -0.1) is 0 Å². The Kier molecular flexibility index (Phi) is 2.11. The normalized spacial score (nSPS) is 15.0. The lowest BCUT2D eigenvalue weighted by molar-refractivity contribution is 0.366. The molecule has 1 aromatic carbocycles. The second kappa shape index (κ2) is 2.89. The van der Waals surface area contributed by atoms with Crippen molar-refractivity contribution in [2.45, 2.75) is 5.13 Å². The number of nitrogens with zero attached hydrogens (tertiary/aromatic N) is 1. The highest BCUT2D eigenvalue weighted by Gasteiger charge is 2.27. The Morgan fingerprint density at radius 1 is 1.36 bits per heavy atom. The summed E-state index contributed by atoms with van der Waals surface area (Å²) >= 11 is 5.22. The first-order valence-electron chi connectivity index (χ1n) is 3.01. The maximum Gasteiger partial charge on any atom is 0.294 e. The Morgan fingerprint density at radius 3 is 2.36 bits per heavy atom. The Balaban J connectivity index is 3.05. The number of hydrogen-bond acceptors (Lipinski definition) is 1. The van der Waals surface area contributed by atoms with E-state index in [1.807, 2.05) is 0 Å². The molecule has 1 atom stereocenters. The van der Waals surface area contributed by atoms with Gasteiger partial charge in [0, 0.05) is 5.56 Å². The predicted molar refractivity (Wildman–Crippen MR) is 40.7 cm³/mol. The van der Waals surface area contributed by atoms with E-state index >= 15 is 0 Å². The van der Waals surface area contributed by atoms with Crippen molar-refractivity contribution in [3.05, 3.63) is 35.9 Å². The van der Waals surface area contributed by atoms with E-state index in [0.717, 1.165) is 0 Å². The van der Waals surface area contributed by atoms with Gasteiger partial charge in [-0.2, -0.15) is 5.26 Å². The molecule has 0 heterocycles. The van der Waals surface area contributed by atoms with E-state index in [1.165, 1.54) is 18.2 Å². The van der Waals surface area contributed by atoms with Gasteiger partial charge in [0.25, 0.3) is 5.13 Å². The monoisotopic (exact) mass is 169 g/mol. The number of halogens is 2. The maximum atomic E-state index is 13.0. The van der Waals surface area contributed by atoms with Gasteiger partial charge in [0.15, 0.2) is 0 Å². The molecule has 0 aliphatic carbocycles. The number of alkyl halides is 2. The molecule has 0 aliphatic rings. The van der Waals surface area contributed by atoms with Crippen LogP contribution in [0.1, 0.15) is 5.56 Å². The zero-order chi connectivity index (χ0) is 8.32. The summed E-state index contributed by atoms with van der Waals surface area (Å²) in [6, 6.07) is 9.28. The molecule has 1 nitrogen and oxygen atoms in total. The lowest BCUT2D eigenvalue weighted by atomic mass is 10.1. The van der Waals surface area contributed by atoms with Gasteiger partial charge < -0.3 is 0 Å². The molecule has 0 saturated carbocycles. The maximum absolute atomic E-state index is 13.0. The summed E-state index contributed by atoms with van der Waals surface area (Å²) in [7, 11) is 0. The van der Waals surface area contributed by atoms with Crippen LogP contribution in [0.5, 0.6) is 0 Å². The molecule has 0 spiro atoms. The molecule has 0 radical (unpaired) electrons. The summed E-state index contributed by atoms with van der Waals surface area (Å²) in [5.74, 6) is 0. The number of nitriles is 1. The van der Waals surface area contributed by atoms with Crippen LogP contribution in [0.4, 0.5) is 4.39 Å². The Labute approximate surface area is 69.0 Å². The van der Waals surface area contributed by atoms with Crippen LogP contribution in [-0.4, -0.2) is 0 Å².